The first-order valence-corrected chi connectivity index (χ1v) is 6.10. The third kappa shape index (κ3) is 3.01. The van der Waals surface area contributed by atoms with Gasteiger partial charge in [0.2, 0.25) is 0 Å². The van der Waals surface area contributed by atoms with E-state index in [1.807, 2.05) is 0 Å². The van der Waals surface area contributed by atoms with Crippen LogP contribution in [0.1, 0.15) is 5.56 Å². The molecule has 0 atom stereocenters. The molecule has 1 aromatic heterocycles. The van der Waals surface area contributed by atoms with Crippen LogP contribution in [0.15, 0.2) is 29.4 Å². The minimum absolute atomic E-state index is 0.317. The molecule has 0 bridgehead atoms. The molecule has 1 aromatic carbocycles. The fraction of sp³-hybridized carbons (Fsp3) is 0.0909. The van der Waals surface area contributed by atoms with Gasteiger partial charge in [-0.1, -0.05) is 17.8 Å². The Balaban J connectivity index is 2.11. The molecule has 7 heteroatoms. The van der Waals surface area contributed by atoms with Crippen LogP contribution in [-0.4, -0.2) is 9.97 Å². The maximum Gasteiger partial charge on any atom is 0.191 e. The van der Waals surface area contributed by atoms with Crippen LogP contribution in [0.2, 0.25) is 0 Å². The summed E-state index contributed by atoms with van der Waals surface area (Å²) in [5, 5.41) is 0.469. The Morgan fingerprint density at radius 3 is 2.33 bits per heavy atom. The molecular weight excluding hydrogens is 253 g/mol. The molecule has 0 unspecified atom stereocenters. The average Bonchev–Trinajstić information content (AvgIpc) is 2.26. The highest BCUT2D eigenvalue weighted by molar-refractivity contribution is 7.98. The second kappa shape index (κ2) is 5.09. The van der Waals surface area contributed by atoms with Crippen molar-refractivity contribution in [2.75, 3.05) is 17.2 Å². The van der Waals surface area contributed by atoms with Gasteiger partial charge in [0, 0.05) is 17.5 Å². The molecule has 2 aromatic rings. The highest BCUT2D eigenvalue weighted by atomic mass is 32.2. The highest BCUT2D eigenvalue weighted by Gasteiger charge is 2.05. The third-order valence-corrected chi connectivity index (χ3v) is 3.11. The van der Waals surface area contributed by atoms with E-state index in [9.17, 15) is 4.39 Å². The minimum Gasteiger partial charge on any atom is -0.398 e. The average molecular weight is 265 g/mol. The molecular formula is C11H12FN5S. The van der Waals surface area contributed by atoms with E-state index in [1.165, 1.54) is 30.0 Å². The molecule has 5 nitrogen and oxygen atoms in total. The molecule has 0 aliphatic heterocycles. The summed E-state index contributed by atoms with van der Waals surface area (Å²) in [7, 11) is 0. The number of thioether (sulfide) groups is 1. The number of nitrogen functional groups attached to an aromatic ring is 3. The van der Waals surface area contributed by atoms with Crippen LogP contribution in [-0.2, 0) is 5.75 Å². The van der Waals surface area contributed by atoms with Gasteiger partial charge in [-0.3, -0.25) is 0 Å². The van der Waals surface area contributed by atoms with Gasteiger partial charge in [-0.2, -0.15) is 0 Å². The molecule has 0 aliphatic rings. The van der Waals surface area contributed by atoms with Crippen LogP contribution in [0.25, 0.3) is 0 Å². The number of nitrogens with zero attached hydrogens (tertiary/aromatic N) is 2. The predicted octanol–water partition coefficient (Wildman–Crippen LogP) is 1.65. The van der Waals surface area contributed by atoms with Gasteiger partial charge in [0.1, 0.15) is 17.5 Å². The van der Waals surface area contributed by atoms with Gasteiger partial charge in [0.05, 0.1) is 0 Å². The molecule has 0 saturated heterocycles. The summed E-state index contributed by atoms with van der Waals surface area (Å²) < 4.78 is 12.9. The van der Waals surface area contributed by atoms with Crippen molar-refractivity contribution in [2.24, 2.45) is 0 Å². The molecule has 0 fully saturated rings. The number of anilines is 3. The number of benzene rings is 1. The Morgan fingerprint density at radius 2 is 1.72 bits per heavy atom. The van der Waals surface area contributed by atoms with Crippen LogP contribution in [0, 0.1) is 5.82 Å². The second-order valence-electron chi connectivity index (χ2n) is 3.63. The number of nitrogens with two attached hydrogens (primary N) is 3. The summed E-state index contributed by atoms with van der Waals surface area (Å²) in [4.78, 5) is 8.06. The molecule has 0 aliphatic carbocycles. The van der Waals surface area contributed by atoms with Crippen LogP contribution >= 0.6 is 11.8 Å². The van der Waals surface area contributed by atoms with Gasteiger partial charge in [-0.05, 0) is 17.7 Å². The van der Waals surface area contributed by atoms with Crippen molar-refractivity contribution in [3.63, 3.8) is 0 Å². The first-order chi connectivity index (χ1) is 8.54. The van der Waals surface area contributed by atoms with E-state index >= 15 is 0 Å². The van der Waals surface area contributed by atoms with Crippen molar-refractivity contribution < 1.29 is 4.39 Å². The van der Waals surface area contributed by atoms with Gasteiger partial charge in [-0.15, -0.1) is 0 Å². The van der Waals surface area contributed by atoms with Crippen molar-refractivity contribution in [3.05, 3.63) is 35.6 Å². The first-order valence-electron chi connectivity index (χ1n) is 5.11. The first kappa shape index (κ1) is 12.4. The van der Waals surface area contributed by atoms with Crippen LogP contribution in [0.5, 0.6) is 0 Å². The fourth-order valence-corrected chi connectivity index (χ4v) is 2.25. The Morgan fingerprint density at radius 1 is 1.06 bits per heavy atom. The molecule has 94 valence electrons. The third-order valence-electron chi connectivity index (χ3n) is 2.21. The van der Waals surface area contributed by atoms with Gasteiger partial charge < -0.3 is 17.2 Å². The summed E-state index contributed by atoms with van der Waals surface area (Å²) in [5.74, 6) is 0.800. The van der Waals surface area contributed by atoms with Gasteiger partial charge in [0.15, 0.2) is 5.16 Å². The maximum atomic E-state index is 12.9. The number of aromatic nitrogens is 2. The van der Waals surface area contributed by atoms with Crippen molar-refractivity contribution in [1.29, 1.82) is 0 Å². The largest absolute Gasteiger partial charge is 0.398 e. The summed E-state index contributed by atoms with van der Waals surface area (Å²) >= 11 is 1.34. The van der Waals surface area contributed by atoms with Gasteiger partial charge in [0.25, 0.3) is 0 Å². The number of halogens is 1. The standard InChI is InChI=1S/C11H12FN5S/c12-7-2-1-6(8(13)3-7)5-18-11-16-9(14)4-10(15)17-11/h1-4H,5,13H2,(H4,14,15,16,17). The number of hydrogen-bond donors (Lipinski definition) is 3. The van der Waals surface area contributed by atoms with Gasteiger partial charge in [-0.25, -0.2) is 14.4 Å². The lowest BCUT2D eigenvalue weighted by Gasteiger charge is -2.05. The molecule has 0 radical (unpaired) electrons. The minimum atomic E-state index is -0.356. The predicted molar refractivity (Wildman–Crippen MR) is 71.2 cm³/mol. The van der Waals surface area contributed by atoms with E-state index in [0.29, 0.717) is 28.2 Å². The quantitative estimate of drug-likeness (QED) is 0.443. The molecule has 18 heavy (non-hydrogen) atoms. The van der Waals surface area contributed by atoms with E-state index < -0.39 is 0 Å². The topological polar surface area (TPSA) is 104 Å². The Hall–Kier alpha value is -2.02. The normalized spacial score (nSPS) is 10.5. The zero-order chi connectivity index (χ0) is 13.1. The fourth-order valence-electron chi connectivity index (χ4n) is 1.37. The van der Waals surface area contributed by atoms with Crippen molar-refractivity contribution in [3.8, 4) is 0 Å². The smallest absolute Gasteiger partial charge is 0.191 e. The molecule has 2 rings (SSSR count). The Kier molecular flexibility index (Phi) is 3.52. The Labute approximate surface area is 108 Å². The zero-order valence-corrected chi connectivity index (χ0v) is 10.2. The van der Waals surface area contributed by atoms with Crippen LogP contribution < -0.4 is 17.2 Å². The van der Waals surface area contributed by atoms with Gasteiger partial charge >= 0.3 is 0 Å². The summed E-state index contributed by atoms with van der Waals surface area (Å²) in [6.07, 6.45) is 0. The SMILES string of the molecule is Nc1cc(N)nc(SCc2ccc(F)cc2N)n1. The van der Waals surface area contributed by atoms with E-state index in [-0.39, 0.29) is 5.82 Å². The van der Waals surface area contributed by atoms with E-state index in [1.54, 1.807) is 6.07 Å². The van der Waals surface area contributed by atoms with Crippen molar-refractivity contribution >= 4 is 29.1 Å². The van der Waals surface area contributed by atoms with Crippen LogP contribution in [0.4, 0.5) is 21.7 Å². The van der Waals surface area contributed by atoms with Crippen molar-refractivity contribution in [2.45, 2.75) is 10.9 Å². The second-order valence-corrected chi connectivity index (χ2v) is 4.57. The molecule has 0 amide bonds. The summed E-state index contributed by atoms with van der Waals surface area (Å²) in [6.45, 7) is 0. The van der Waals surface area contributed by atoms with Crippen molar-refractivity contribution in [1.82, 2.24) is 9.97 Å². The molecule has 6 N–H and O–H groups in total. The lowest BCUT2D eigenvalue weighted by Crippen LogP contribution is -2.00. The molecule has 0 spiro atoms. The lowest BCUT2D eigenvalue weighted by atomic mass is 10.2. The zero-order valence-electron chi connectivity index (χ0n) is 9.43. The number of hydrogen-bond acceptors (Lipinski definition) is 6. The van der Waals surface area contributed by atoms with Crippen LogP contribution in [0.3, 0.4) is 0 Å². The van der Waals surface area contributed by atoms with E-state index in [0.717, 1.165) is 5.56 Å². The summed E-state index contributed by atoms with van der Waals surface area (Å²) in [5.41, 5.74) is 18.0. The number of rotatable bonds is 3. The van der Waals surface area contributed by atoms with E-state index in [2.05, 4.69) is 9.97 Å². The molecule has 0 saturated carbocycles. The lowest BCUT2D eigenvalue weighted by molar-refractivity contribution is 0.628. The Bertz CT molecular complexity index is 555. The molecule has 1 heterocycles. The van der Waals surface area contributed by atoms with E-state index in [4.69, 9.17) is 17.2 Å². The summed E-state index contributed by atoms with van der Waals surface area (Å²) in [6, 6.07) is 5.76. The highest BCUT2D eigenvalue weighted by Crippen LogP contribution is 2.24. The maximum absolute atomic E-state index is 12.9. The monoisotopic (exact) mass is 265 g/mol.